The molecule has 17 heavy (non-hydrogen) atoms. The van der Waals surface area contributed by atoms with Crippen molar-refractivity contribution in [2.45, 2.75) is 25.3 Å². The van der Waals surface area contributed by atoms with E-state index < -0.39 is 18.6 Å². The number of carbonyl (C=O) groups is 2. The fourth-order valence-electron chi connectivity index (χ4n) is 1.11. The van der Waals surface area contributed by atoms with E-state index in [9.17, 15) is 9.59 Å². The van der Waals surface area contributed by atoms with Crippen molar-refractivity contribution in [1.29, 1.82) is 5.41 Å². The fraction of sp³-hybridized carbons (Fsp3) is 0.667. The number of hydrogen-bond donors (Lipinski definition) is 6. The molecule has 0 bridgehead atoms. The first-order valence-electron chi connectivity index (χ1n) is 5.24. The lowest BCUT2D eigenvalue weighted by Crippen LogP contribution is -2.46. The first kappa shape index (κ1) is 15.2. The summed E-state index contributed by atoms with van der Waals surface area (Å²) in [5, 5.41) is 20.6. The zero-order chi connectivity index (χ0) is 13.3. The molecule has 0 saturated heterocycles. The summed E-state index contributed by atoms with van der Waals surface area (Å²) < 4.78 is 0. The molecule has 0 radical (unpaired) electrons. The van der Waals surface area contributed by atoms with Crippen LogP contribution in [0, 0.1) is 5.41 Å². The molecule has 1 atom stereocenters. The number of aliphatic hydroxyl groups excluding tert-OH is 1. The molecule has 0 fully saturated rings. The lowest BCUT2D eigenvalue weighted by molar-refractivity contribution is -0.128. The van der Waals surface area contributed by atoms with Gasteiger partial charge < -0.3 is 27.2 Å². The first-order valence-corrected chi connectivity index (χ1v) is 5.24. The average molecular weight is 245 g/mol. The Morgan fingerprint density at radius 3 is 2.41 bits per heavy atom. The number of primary amides is 1. The molecule has 8 N–H and O–H groups in total. The number of guanidine groups is 1. The highest BCUT2D eigenvalue weighted by atomic mass is 16.3. The maximum atomic E-state index is 11.3. The Hall–Kier alpha value is -1.83. The number of aliphatic hydroxyl groups is 1. The maximum absolute atomic E-state index is 11.3. The standard InChI is InChI=1S/C9H19N5O3/c10-8(17)6(5-15)14-7(16)3-1-2-4-13-9(11)12/h6,15H,1-5H2,(H2,10,17)(H,14,16)(H4,11,12,13)/t6-/m0/s1. The molecule has 0 aliphatic carbocycles. The van der Waals surface area contributed by atoms with E-state index in [2.05, 4.69) is 10.6 Å². The van der Waals surface area contributed by atoms with Crippen LogP contribution in [-0.4, -0.2) is 42.1 Å². The number of hydrogen-bond acceptors (Lipinski definition) is 4. The van der Waals surface area contributed by atoms with E-state index in [0.29, 0.717) is 19.4 Å². The van der Waals surface area contributed by atoms with Crippen molar-refractivity contribution in [2.24, 2.45) is 11.5 Å². The third kappa shape index (κ3) is 8.03. The van der Waals surface area contributed by atoms with E-state index >= 15 is 0 Å². The van der Waals surface area contributed by atoms with Gasteiger partial charge >= 0.3 is 0 Å². The summed E-state index contributed by atoms with van der Waals surface area (Å²) in [5.74, 6) is -1.21. The van der Waals surface area contributed by atoms with Crippen molar-refractivity contribution >= 4 is 17.8 Å². The molecule has 0 aliphatic heterocycles. The van der Waals surface area contributed by atoms with Crippen LogP contribution in [0.3, 0.4) is 0 Å². The van der Waals surface area contributed by atoms with Crippen molar-refractivity contribution in [2.75, 3.05) is 13.2 Å². The van der Waals surface area contributed by atoms with E-state index in [-0.39, 0.29) is 18.3 Å². The molecule has 0 unspecified atom stereocenters. The second-order valence-corrected chi connectivity index (χ2v) is 3.50. The zero-order valence-corrected chi connectivity index (χ0v) is 9.53. The van der Waals surface area contributed by atoms with Crippen LogP contribution in [0.2, 0.25) is 0 Å². The molecule has 0 spiro atoms. The van der Waals surface area contributed by atoms with Gasteiger partial charge in [0.1, 0.15) is 6.04 Å². The van der Waals surface area contributed by atoms with Gasteiger partial charge in [0.15, 0.2) is 5.96 Å². The summed E-state index contributed by atoms with van der Waals surface area (Å²) in [7, 11) is 0. The Bertz CT molecular complexity index is 282. The SMILES string of the molecule is N=C(N)NCCCCC(=O)N[C@@H](CO)C(N)=O. The van der Waals surface area contributed by atoms with Crippen molar-refractivity contribution in [3.8, 4) is 0 Å². The molecule has 8 nitrogen and oxygen atoms in total. The second kappa shape index (κ2) is 8.34. The minimum atomic E-state index is -1.03. The number of unbranched alkanes of at least 4 members (excludes halogenated alkanes) is 1. The normalized spacial score (nSPS) is 11.6. The lowest BCUT2D eigenvalue weighted by atomic mass is 10.2. The highest BCUT2D eigenvalue weighted by Gasteiger charge is 2.15. The van der Waals surface area contributed by atoms with Crippen molar-refractivity contribution in [1.82, 2.24) is 10.6 Å². The second-order valence-electron chi connectivity index (χ2n) is 3.50. The summed E-state index contributed by atoms with van der Waals surface area (Å²) in [6.07, 6.45) is 1.49. The van der Waals surface area contributed by atoms with Crippen LogP contribution in [0.1, 0.15) is 19.3 Å². The summed E-state index contributed by atoms with van der Waals surface area (Å²) >= 11 is 0. The topological polar surface area (TPSA) is 154 Å². The number of nitrogens with one attached hydrogen (secondary N) is 3. The highest BCUT2D eigenvalue weighted by Crippen LogP contribution is 1.95. The van der Waals surface area contributed by atoms with Crippen LogP contribution in [-0.2, 0) is 9.59 Å². The van der Waals surface area contributed by atoms with Gasteiger partial charge in [-0.3, -0.25) is 15.0 Å². The molecular weight excluding hydrogens is 226 g/mol. The van der Waals surface area contributed by atoms with Gasteiger partial charge in [-0.15, -0.1) is 0 Å². The highest BCUT2D eigenvalue weighted by molar-refractivity contribution is 5.86. The van der Waals surface area contributed by atoms with Crippen molar-refractivity contribution in [3.63, 3.8) is 0 Å². The fourth-order valence-corrected chi connectivity index (χ4v) is 1.11. The van der Waals surface area contributed by atoms with Crippen LogP contribution < -0.4 is 22.1 Å². The maximum Gasteiger partial charge on any atom is 0.242 e. The Labute approximate surface area is 99.2 Å². The minimum Gasteiger partial charge on any atom is -0.394 e. The third-order valence-corrected chi connectivity index (χ3v) is 2.01. The Morgan fingerprint density at radius 2 is 1.94 bits per heavy atom. The lowest BCUT2D eigenvalue weighted by Gasteiger charge is -2.12. The van der Waals surface area contributed by atoms with E-state index in [1.54, 1.807) is 0 Å². The van der Waals surface area contributed by atoms with E-state index in [1.807, 2.05) is 0 Å². The Morgan fingerprint density at radius 1 is 1.29 bits per heavy atom. The summed E-state index contributed by atoms with van der Waals surface area (Å²) in [6.45, 7) is 0.00876. The molecule has 0 aromatic carbocycles. The molecule has 0 aromatic heterocycles. The average Bonchev–Trinajstić information content (AvgIpc) is 2.24. The molecule has 2 amide bonds. The molecule has 0 aromatic rings. The quantitative estimate of drug-likeness (QED) is 0.160. The van der Waals surface area contributed by atoms with Gasteiger partial charge in [0.25, 0.3) is 0 Å². The minimum absolute atomic E-state index is 0.108. The molecule has 8 heteroatoms. The van der Waals surface area contributed by atoms with Crippen LogP contribution >= 0.6 is 0 Å². The van der Waals surface area contributed by atoms with Gasteiger partial charge in [-0.05, 0) is 12.8 Å². The predicted octanol–water partition coefficient (Wildman–Crippen LogP) is -2.40. The molecule has 0 rings (SSSR count). The van der Waals surface area contributed by atoms with Crippen LogP contribution in [0.25, 0.3) is 0 Å². The van der Waals surface area contributed by atoms with Gasteiger partial charge in [0.05, 0.1) is 6.61 Å². The Kier molecular flexibility index (Phi) is 7.44. The van der Waals surface area contributed by atoms with Gasteiger partial charge in [-0.25, -0.2) is 0 Å². The molecule has 0 aliphatic rings. The smallest absolute Gasteiger partial charge is 0.242 e. The van der Waals surface area contributed by atoms with Gasteiger partial charge in [0, 0.05) is 13.0 Å². The van der Waals surface area contributed by atoms with Crippen LogP contribution in [0.15, 0.2) is 0 Å². The third-order valence-electron chi connectivity index (χ3n) is 2.01. The zero-order valence-electron chi connectivity index (χ0n) is 9.53. The Balaban J connectivity index is 3.65. The van der Waals surface area contributed by atoms with Gasteiger partial charge in [-0.2, -0.15) is 0 Å². The summed E-state index contributed by atoms with van der Waals surface area (Å²) in [6, 6.07) is -1.03. The molecule has 0 heterocycles. The van der Waals surface area contributed by atoms with E-state index in [1.165, 1.54) is 0 Å². The van der Waals surface area contributed by atoms with Gasteiger partial charge in [-0.1, -0.05) is 0 Å². The van der Waals surface area contributed by atoms with Crippen molar-refractivity contribution < 1.29 is 14.7 Å². The number of nitrogens with two attached hydrogens (primary N) is 2. The van der Waals surface area contributed by atoms with Crippen molar-refractivity contribution in [3.05, 3.63) is 0 Å². The number of rotatable bonds is 8. The number of carbonyl (C=O) groups excluding carboxylic acids is 2. The van der Waals surface area contributed by atoms with E-state index in [4.69, 9.17) is 22.0 Å². The van der Waals surface area contributed by atoms with Crippen LogP contribution in [0.4, 0.5) is 0 Å². The van der Waals surface area contributed by atoms with Gasteiger partial charge in [0.2, 0.25) is 11.8 Å². The molecule has 98 valence electrons. The first-order chi connectivity index (χ1) is 7.97. The number of amides is 2. The summed E-state index contributed by atoms with van der Waals surface area (Å²) in [5.41, 5.74) is 10.0. The molecular formula is C9H19N5O3. The monoisotopic (exact) mass is 245 g/mol. The van der Waals surface area contributed by atoms with Crippen LogP contribution in [0.5, 0.6) is 0 Å². The predicted molar refractivity (Wildman–Crippen MR) is 62.0 cm³/mol. The molecule has 0 saturated carbocycles. The largest absolute Gasteiger partial charge is 0.394 e. The summed E-state index contributed by atoms with van der Waals surface area (Å²) in [4.78, 5) is 22.0. The van der Waals surface area contributed by atoms with E-state index in [0.717, 1.165) is 0 Å².